The van der Waals surface area contributed by atoms with E-state index in [0.717, 1.165) is 10.9 Å². The number of nitro groups is 1. The summed E-state index contributed by atoms with van der Waals surface area (Å²) < 4.78 is 21.8. The molecule has 36 heavy (non-hydrogen) atoms. The normalized spacial score (nSPS) is 12.2. The van der Waals surface area contributed by atoms with Crippen LogP contribution >= 0.6 is 15.9 Å². The first-order chi connectivity index (χ1) is 17.3. The predicted molar refractivity (Wildman–Crippen MR) is 139 cm³/mol. The van der Waals surface area contributed by atoms with E-state index in [4.69, 9.17) is 4.74 Å². The highest BCUT2D eigenvalue weighted by molar-refractivity contribution is 9.10. The van der Waals surface area contributed by atoms with Crippen molar-refractivity contribution in [3.05, 3.63) is 108 Å². The van der Waals surface area contributed by atoms with E-state index in [1.54, 1.807) is 30.3 Å². The lowest BCUT2D eigenvalue weighted by Gasteiger charge is -2.14. The molecular weight excluding hydrogens is 531 g/mol. The molecule has 10 heteroatoms. The van der Waals surface area contributed by atoms with Crippen molar-refractivity contribution < 1.29 is 14.1 Å². The van der Waals surface area contributed by atoms with E-state index in [1.807, 2.05) is 19.9 Å². The van der Waals surface area contributed by atoms with Crippen LogP contribution in [0.3, 0.4) is 0 Å². The van der Waals surface area contributed by atoms with Gasteiger partial charge in [0.1, 0.15) is 24.0 Å². The molecule has 0 fully saturated rings. The van der Waals surface area contributed by atoms with Crippen molar-refractivity contribution in [2.75, 3.05) is 0 Å². The van der Waals surface area contributed by atoms with E-state index < -0.39 is 10.7 Å². The summed E-state index contributed by atoms with van der Waals surface area (Å²) in [5.41, 5.74) is 0.598. The summed E-state index contributed by atoms with van der Waals surface area (Å²) in [6, 6.07) is 15.4. The lowest BCUT2D eigenvalue weighted by atomic mass is 10.1. The highest BCUT2D eigenvalue weighted by Crippen LogP contribution is 2.25. The number of aromatic nitrogens is 2. The van der Waals surface area contributed by atoms with Crippen LogP contribution in [0.15, 0.2) is 75.0 Å². The zero-order chi connectivity index (χ0) is 25.8. The van der Waals surface area contributed by atoms with Crippen LogP contribution in [0.25, 0.3) is 10.9 Å². The van der Waals surface area contributed by atoms with Crippen molar-refractivity contribution >= 4 is 38.7 Å². The van der Waals surface area contributed by atoms with Gasteiger partial charge in [-0.1, -0.05) is 48.0 Å². The summed E-state index contributed by atoms with van der Waals surface area (Å²) in [5.74, 6) is 0.215. The summed E-state index contributed by atoms with van der Waals surface area (Å²) in [6.07, 6.45) is 2.04. The van der Waals surface area contributed by atoms with Gasteiger partial charge >= 0.3 is 0 Å². The Morgan fingerprint density at radius 3 is 2.72 bits per heavy atom. The van der Waals surface area contributed by atoms with Gasteiger partial charge in [0, 0.05) is 33.7 Å². The first-order valence-corrected chi connectivity index (χ1v) is 12.0. The minimum Gasteiger partial charge on any atom is -0.488 e. The third kappa shape index (κ3) is 5.33. The van der Waals surface area contributed by atoms with Crippen LogP contribution in [0.2, 0.25) is 0 Å². The van der Waals surface area contributed by atoms with Crippen LogP contribution in [0.4, 0.5) is 10.1 Å². The van der Waals surface area contributed by atoms with Gasteiger partial charge in [-0.25, -0.2) is 9.37 Å². The van der Waals surface area contributed by atoms with Gasteiger partial charge in [0.25, 0.3) is 11.2 Å². The molecule has 0 bridgehead atoms. The Labute approximate surface area is 214 Å². The fourth-order valence-corrected chi connectivity index (χ4v) is 3.91. The largest absolute Gasteiger partial charge is 0.488 e. The second-order valence-electron chi connectivity index (χ2n) is 8.16. The number of nitrogens with zero attached hydrogens (tertiary/aromatic N) is 4. The molecule has 0 N–H and O–H groups in total. The Morgan fingerprint density at radius 1 is 1.22 bits per heavy atom. The number of ether oxygens (including phenoxy) is 1. The number of benzene rings is 3. The maximum Gasteiger partial charge on any atom is 0.282 e. The molecule has 4 aromatic rings. The fraction of sp³-hybridized carbons (Fsp3) is 0.192. The molecule has 0 aliphatic heterocycles. The molecule has 1 atom stereocenters. The van der Waals surface area contributed by atoms with Crippen molar-refractivity contribution in [2.45, 2.75) is 32.8 Å². The molecule has 0 aliphatic carbocycles. The Bertz CT molecular complexity index is 1540. The van der Waals surface area contributed by atoms with E-state index in [2.05, 4.69) is 26.0 Å². The Balaban J connectivity index is 1.80. The zero-order valence-corrected chi connectivity index (χ0v) is 21.1. The third-order valence-corrected chi connectivity index (χ3v) is 6.24. The van der Waals surface area contributed by atoms with Gasteiger partial charge in [0.2, 0.25) is 0 Å². The molecule has 1 aromatic heterocycles. The second kappa shape index (κ2) is 10.8. The Kier molecular flexibility index (Phi) is 7.54. The van der Waals surface area contributed by atoms with Crippen LogP contribution in [0.1, 0.15) is 43.1 Å². The third-order valence-electron chi connectivity index (χ3n) is 5.74. The summed E-state index contributed by atoms with van der Waals surface area (Å²) >= 11 is 3.38. The molecule has 0 radical (unpaired) electrons. The average molecular weight is 553 g/mol. The van der Waals surface area contributed by atoms with Crippen LogP contribution in [-0.4, -0.2) is 20.8 Å². The molecule has 3 aromatic carbocycles. The molecule has 0 spiro atoms. The van der Waals surface area contributed by atoms with Gasteiger partial charge in [-0.05, 0) is 36.8 Å². The number of non-ortho nitro benzene ring substituents is 1. The number of hydrogen-bond acceptors (Lipinski definition) is 6. The molecule has 4 rings (SSSR count). The molecule has 0 unspecified atom stereocenters. The first-order valence-electron chi connectivity index (χ1n) is 11.2. The van der Waals surface area contributed by atoms with E-state index in [1.165, 1.54) is 35.2 Å². The lowest BCUT2D eigenvalue weighted by molar-refractivity contribution is -0.384. The Hall–Kier alpha value is -3.92. The van der Waals surface area contributed by atoms with Crippen LogP contribution in [0, 0.1) is 15.9 Å². The van der Waals surface area contributed by atoms with Gasteiger partial charge in [0.15, 0.2) is 0 Å². The van der Waals surface area contributed by atoms with Gasteiger partial charge in [-0.2, -0.15) is 9.78 Å². The topological polar surface area (TPSA) is 99.6 Å². The van der Waals surface area contributed by atoms with Gasteiger partial charge in [0.05, 0.1) is 22.0 Å². The Morgan fingerprint density at radius 2 is 2.00 bits per heavy atom. The van der Waals surface area contributed by atoms with Crippen LogP contribution < -0.4 is 10.3 Å². The maximum atomic E-state index is 14.0. The standard InChI is InChI=1S/C26H22BrFN4O4/c1-3-16(2)25-30-23-10-8-19(27)13-21(23)26(33)31(25)29-14-18-12-20(32(34)35)9-11-24(18)36-15-17-6-4-5-7-22(17)28/h4-14,16H,3,15H2,1-2H3/t16-/m0/s1. The number of halogens is 2. The highest BCUT2D eigenvalue weighted by Gasteiger charge is 2.17. The molecule has 0 saturated heterocycles. The SMILES string of the molecule is CC[C@H](C)c1nc2ccc(Br)cc2c(=O)n1N=Cc1cc([N+](=O)[O-])ccc1OCc1ccccc1F. The molecule has 184 valence electrons. The van der Waals surface area contributed by atoms with Gasteiger partial charge < -0.3 is 4.74 Å². The molecule has 0 aliphatic rings. The average Bonchev–Trinajstić information content (AvgIpc) is 2.87. The smallest absolute Gasteiger partial charge is 0.282 e. The monoisotopic (exact) mass is 552 g/mol. The molecule has 0 amide bonds. The van der Waals surface area contributed by atoms with Crippen molar-refractivity contribution in [3.8, 4) is 5.75 Å². The minimum absolute atomic E-state index is 0.0789. The molecular formula is C26H22BrFN4O4. The van der Waals surface area contributed by atoms with Crippen molar-refractivity contribution in [3.63, 3.8) is 0 Å². The fourth-order valence-electron chi connectivity index (χ4n) is 3.55. The predicted octanol–water partition coefficient (Wildman–Crippen LogP) is 6.18. The number of hydrogen-bond donors (Lipinski definition) is 0. The maximum absolute atomic E-state index is 14.0. The number of fused-ring (bicyclic) bond motifs is 1. The van der Waals surface area contributed by atoms with E-state index >= 15 is 0 Å². The van der Waals surface area contributed by atoms with Gasteiger partial charge in [-0.3, -0.25) is 14.9 Å². The first kappa shape index (κ1) is 25.2. The summed E-state index contributed by atoms with van der Waals surface area (Å²) in [7, 11) is 0. The molecule has 0 saturated carbocycles. The summed E-state index contributed by atoms with van der Waals surface area (Å²) in [6.45, 7) is 3.83. The number of rotatable bonds is 8. The van der Waals surface area contributed by atoms with Crippen molar-refractivity contribution in [1.82, 2.24) is 9.66 Å². The highest BCUT2D eigenvalue weighted by atomic mass is 79.9. The summed E-state index contributed by atoms with van der Waals surface area (Å²) in [4.78, 5) is 28.9. The van der Waals surface area contributed by atoms with Crippen LogP contribution in [0.5, 0.6) is 5.75 Å². The molecule has 8 nitrogen and oxygen atoms in total. The molecule has 1 heterocycles. The minimum atomic E-state index is -0.538. The summed E-state index contributed by atoms with van der Waals surface area (Å²) in [5, 5.41) is 16.1. The lowest BCUT2D eigenvalue weighted by Crippen LogP contribution is -2.23. The number of nitro benzene ring substituents is 1. The van der Waals surface area contributed by atoms with Crippen molar-refractivity contribution in [1.29, 1.82) is 0 Å². The van der Waals surface area contributed by atoms with E-state index in [9.17, 15) is 19.3 Å². The van der Waals surface area contributed by atoms with E-state index in [-0.39, 0.29) is 35.1 Å². The van der Waals surface area contributed by atoms with Gasteiger partial charge in [-0.15, -0.1) is 0 Å². The second-order valence-corrected chi connectivity index (χ2v) is 9.08. The zero-order valence-electron chi connectivity index (χ0n) is 19.5. The quantitative estimate of drug-likeness (QED) is 0.147. The van der Waals surface area contributed by atoms with Crippen molar-refractivity contribution in [2.24, 2.45) is 5.10 Å². The van der Waals surface area contributed by atoms with Crippen LogP contribution in [-0.2, 0) is 6.61 Å². The van der Waals surface area contributed by atoms with E-state index in [0.29, 0.717) is 22.3 Å².